The van der Waals surface area contributed by atoms with Gasteiger partial charge in [0.15, 0.2) is 0 Å². The molecule has 0 spiro atoms. The van der Waals surface area contributed by atoms with Gasteiger partial charge in [0.25, 0.3) is 0 Å². The van der Waals surface area contributed by atoms with Gasteiger partial charge in [-0.05, 0) is 55.7 Å². The number of nitrogens with zero attached hydrogens (tertiary/aromatic N) is 1. The first-order valence-electron chi connectivity index (χ1n) is 8.04. The van der Waals surface area contributed by atoms with Gasteiger partial charge in [0.2, 0.25) is 0 Å². The van der Waals surface area contributed by atoms with Crippen molar-refractivity contribution in [2.75, 3.05) is 0 Å². The lowest BCUT2D eigenvalue weighted by atomic mass is 9.81. The quantitative estimate of drug-likeness (QED) is 0.894. The summed E-state index contributed by atoms with van der Waals surface area (Å²) >= 11 is 0. The second-order valence-electron chi connectivity index (χ2n) is 6.13. The van der Waals surface area contributed by atoms with E-state index < -0.39 is 0 Å². The van der Waals surface area contributed by atoms with Crippen molar-refractivity contribution >= 4 is 0 Å². The number of hydrogen-bond acceptors (Lipinski definition) is 2. The van der Waals surface area contributed by atoms with E-state index >= 15 is 0 Å². The lowest BCUT2D eigenvalue weighted by molar-refractivity contribution is 0.321. The molecule has 3 rings (SSSR count). The Morgan fingerprint density at radius 3 is 2.43 bits per heavy atom. The Morgan fingerprint density at radius 1 is 1.00 bits per heavy atom. The maximum absolute atomic E-state index is 4.21. The van der Waals surface area contributed by atoms with Gasteiger partial charge in [-0.15, -0.1) is 0 Å². The van der Waals surface area contributed by atoms with E-state index in [9.17, 15) is 0 Å². The minimum atomic E-state index is 0.386. The molecule has 1 aliphatic rings. The number of rotatable bonds is 4. The first kappa shape index (κ1) is 14.3. The van der Waals surface area contributed by atoms with E-state index in [2.05, 4.69) is 53.6 Å². The third kappa shape index (κ3) is 3.70. The van der Waals surface area contributed by atoms with Crippen LogP contribution in [0.1, 0.15) is 55.7 Å². The summed E-state index contributed by atoms with van der Waals surface area (Å²) in [7, 11) is 0. The summed E-state index contributed by atoms with van der Waals surface area (Å²) in [5.41, 5.74) is 2.79. The smallest absolute Gasteiger partial charge is 0.0315 e. The molecular formula is C19H24N2. The summed E-state index contributed by atoms with van der Waals surface area (Å²) in [5.74, 6) is 0.748. The normalized spacial score (nSPS) is 23.7. The van der Waals surface area contributed by atoms with Crippen molar-refractivity contribution in [2.24, 2.45) is 0 Å². The van der Waals surface area contributed by atoms with E-state index in [1.165, 1.54) is 36.8 Å². The minimum Gasteiger partial charge on any atom is -0.307 e. The highest BCUT2D eigenvalue weighted by molar-refractivity contribution is 5.20. The summed E-state index contributed by atoms with van der Waals surface area (Å²) < 4.78 is 0. The zero-order chi connectivity index (χ0) is 14.5. The fourth-order valence-electron chi connectivity index (χ4n) is 3.40. The monoisotopic (exact) mass is 280 g/mol. The Morgan fingerprint density at radius 2 is 1.76 bits per heavy atom. The number of aromatic nitrogens is 1. The van der Waals surface area contributed by atoms with E-state index in [0.29, 0.717) is 12.1 Å². The van der Waals surface area contributed by atoms with Crippen LogP contribution >= 0.6 is 0 Å². The Balaban J connectivity index is 1.52. The highest BCUT2D eigenvalue weighted by atomic mass is 14.9. The minimum absolute atomic E-state index is 0.386. The van der Waals surface area contributed by atoms with Gasteiger partial charge >= 0.3 is 0 Å². The highest BCUT2D eigenvalue weighted by Gasteiger charge is 2.23. The number of nitrogens with one attached hydrogen (secondary N) is 1. The highest BCUT2D eigenvalue weighted by Crippen LogP contribution is 2.33. The molecule has 1 aliphatic carbocycles. The lowest BCUT2D eigenvalue weighted by Crippen LogP contribution is -2.34. The number of hydrogen-bond donors (Lipinski definition) is 1. The SMILES string of the molecule is C[C@H](NC1CCC(c2ccccc2)CC1)c1cccnc1. The van der Waals surface area contributed by atoms with Crippen LogP contribution in [0.25, 0.3) is 0 Å². The van der Waals surface area contributed by atoms with E-state index in [1.54, 1.807) is 0 Å². The van der Waals surface area contributed by atoms with Crippen molar-refractivity contribution in [3.63, 3.8) is 0 Å². The van der Waals surface area contributed by atoms with E-state index in [4.69, 9.17) is 0 Å². The second-order valence-corrected chi connectivity index (χ2v) is 6.13. The molecular weight excluding hydrogens is 256 g/mol. The predicted octanol–water partition coefficient (Wildman–Crippen LogP) is 4.46. The molecule has 2 nitrogen and oxygen atoms in total. The van der Waals surface area contributed by atoms with Gasteiger partial charge in [0, 0.05) is 24.5 Å². The maximum Gasteiger partial charge on any atom is 0.0315 e. The van der Waals surface area contributed by atoms with Gasteiger partial charge in [-0.2, -0.15) is 0 Å². The van der Waals surface area contributed by atoms with Crippen molar-refractivity contribution in [2.45, 2.75) is 50.6 Å². The van der Waals surface area contributed by atoms with Gasteiger partial charge < -0.3 is 5.32 Å². The van der Waals surface area contributed by atoms with Crippen LogP contribution in [0.15, 0.2) is 54.9 Å². The Hall–Kier alpha value is -1.67. The summed E-state index contributed by atoms with van der Waals surface area (Å²) in [6.45, 7) is 2.24. The predicted molar refractivity (Wildman–Crippen MR) is 87.2 cm³/mol. The fraction of sp³-hybridized carbons (Fsp3) is 0.421. The van der Waals surface area contributed by atoms with Gasteiger partial charge in [-0.25, -0.2) is 0 Å². The number of pyridine rings is 1. The third-order valence-corrected chi connectivity index (χ3v) is 4.67. The van der Waals surface area contributed by atoms with Crippen LogP contribution in [0.3, 0.4) is 0 Å². The summed E-state index contributed by atoms with van der Waals surface area (Å²) in [4.78, 5) is 4.21. The molecule has 21 heavy (non-hydrogen) atoms. The zero-order valence-corrected chi connectivity index (χ0v) is 12.7. The van der Waals surface area contributed by atoms with Crippen molar-refractivity contribution in [3.8, 4) is 0 Å². The van der Waals surface area contributed by atoms with Gasteiger partial charge in [-0.1, -0.05) is 36.4 Å². The topological polar surface area (TPSA) is 24.9 Å². The van der Waals surface area contributed by atoms with Crippen LogP contribution < -0.4 is 5.32 Å². The number of benzene rings is 1. The lowest BCUT2D eigenvalue weighted by Gasteiger charge is -2.31. The molecule has 0 amide bonds. The fourth-order valence-corrected chi connectivity index (χ4v) is 3.40. The van der Waals surface area contributed by atoms with Crippen LogP contribution in [-0.4, -0.2) is 11.0 Å². The molecule has 1 saturated carbocycles. The molecule has 1 atom stereocenters. The summed E-state index contributed by atoms with van der Waals surface area (Å²) in [6, 6.07) is 16.2. The molecule has 0 saturated heterocycles. The Labute approximate surface area is 127 Å². The first-order chi connectivity index (χ1) is 10.3. The molecule has 1 aromatic carbocycles. The second kappa shape index (κ2) is 6.86. The maximum atomic E-state index is 4.21. The van der Waals surface area contributed by atoms with Gasteiger partial charge in [0.05, 0.1) is 0 Å². The van der Waals surface area contributed by atoms with Crippen LogP contribution in [0.5, 0.6) is 0 Å². The van der Waals surface area contributed by atoms with Crippen molar-refractivity contribution in [3.05, 3.63) is 66.0 Å². The standard InChI is InChI=1S/C19H24N2/c1-15(18-8-5-13-20-14-18)21-19-11-9-17(10-12-19)16-6-3-2-4-7-16/h2-8,13-15,17,19,21H,9-12H2,1H3/t15-,17?,19?/m0/s1. The van der Waals surface area contributed by atoms with Gasteiger partial charge in [-0.3, -0.25) is 4.98 Å². The molecule has 2 aromatic rings. The Bertz CT molecular complexity index is 530. The van der Waals surface area contributed by atoms with E-state index in [0.717, 1.165) is 5.92 Å². The van der Waals surface area contributed by atoms with Crippen molar-refractivity contribution < 1.29 is 0 Å². The summed E-state index contributed by atoms with van der Waals surface area (Å²) in [6.07, 6.45) is 8.92. The van der Waals surface area contributed by atoms with Crippen LogP contribution in [0.4, 0.5) is 0 Å². The molecule has 1 heterocycles. The van der Waals surface area contributed by atoms with Crippen molar-refractivity contribution in [1.29, 1.82) is 0 Å². The molecule has 0 bridgehead atoms. The molecule has 0 aliphatic heterocycles. The van der Waals surface area contributed by atoms with E-state index in [-0.39, 0.29) is 0 Å². The van der Waals surface area contributed by atoms with Crippen LogP contribution in [-0.2, 0) is 0 Å². The molecule has 0 unspecified atom stereocenters. The summed E-state index contributed by atoms with van der Waals surface area (Å²) in [5, 5.41) is 3.77. The first-order valence-corrected chi connectivity index (χ1v) is 8.04. The largest absolute Gasteiger partial charge is 0.307 e. The molecule has 1 N–H and O–H groups in total. The molecule has 1 aromatic heterocycles. The average Bonchev–Trinajstić information content (AvgIpc) is 2.57. The van der Waals surface area contributed by atoms with E-state index in [1.807, 2.05) is 18.5 Å². The average molecular weight is 280 g/mol. The molecule has 0 radical (unpaired) electrons. The van der Waals surface area contributed by atoms with Crippen molar-refractivity contribution in [1.82, 2.24) is 10.3 Å². The van der Waals surface area contributed by atoms with Crippen LogP contribution in [0, 0.1) is 0 Å². The third-order valence-electron chi connectivity index (χ3n) is 4.67. The zero-order valence-electron chi connectivity index (χ0n) is 12.7. The molecule has 110 valence electrons. The Kier molecular flexibility index (Phi) is 4.66. The van der Waals surface area contributed by atoms with Crippen LogP contribution in [0.2, 0.25) is 0 Å². The molecule has 1 fully saturated rings. The van der Waals surface area contributed by atoms with Gasteiger partial charge in [0.1, 0.15) is 0 Å². The molecule has 2 heteroatoms.